The number of carbonyl (C=O) groups excluding carboxylic acids is 4. The fourth-order valence-corrected chi connectivity index (χ4v) is 4.63. The van der Waals surface area contributed by atoms with Gasteiger partial charge < -0.3 is 32.1 Å². The van der Waals surface area contributed by atoms with E-state index in [9.17, 15) is 33.5 Å². The van der Waals surface area contributed by atoms with E-state index in [1.54, 1.807) is 55.5 Å². The van der Waals surface area contributed by atoms with Gasteiger partial charge in [-0.25, -0.2) is 14.0 Å². The van der Waals surface area contributed by atoms with Gasteiger partial charge in [-0.1, -0.05) is 30.3 Å². The lowest BCUT2D eigenvalue weighted by Gasteiger charge is -2.14. The maximum atomic E-state index is 14.0. The first-order valence-corrected chi connectivity index (χ1v) is 13.9. The summed E-state index contributed by atoms with van der Waals surface area (Å²) in [5, 5.41) is 23.9. The lowest BCUT2D eigenvalue weighted by molar-refractivity contribution is -0.142. The van der Waals surface area contributed by atoms with Crippen LogP contribution in [0.2, 0.25) is 0 Å². The minimum atomic E-state index is -1.29. The van der Waals surface area contributed by atoms with Gasteiger partial charge in [0.1, 0.15) is 11.9 Å². The number of anilines is 3. The smallest absolute Gasteiger partial charge is 0.326 e. The Morgan fingerprint density at radius 1 is 0.956 bits per heavy atom. The number of nitrogens with two attached hydrogens (primary N) is 1. The highest BCUT2D eigenvalue weighted by molar-refractivity contribution is 6.06. The minimum absolute atomic E-state index is 0.0563. The van der Waals surface area contributed by atoms with E-state index in [1.807, 2.05) is 0 Å². The number of aryl methyl sites for hydroxylation is 1. The molecule has 0 fully saturated rings. The molecule has 0 aliphatic carbocycles. The molecule has 0 bridgehead atoms. The summed E-state index contributed by atoms with van der Waals surface area (Å²) in [5.74, 6) is -3.32. The molecule has 0 aliphatic heterocycles. The van der Waals surface area contributed by atoms with E-state index in [0.717, 1.165) is 10.2 Å². The number of carboxylic acids is 1. The monoisotopic (exact) mass is 617 g/mol. The normalized spacial score (nSPS) is 11.4. The summed E-state index contributed by atoms with van der Waals surface area (Å²) in [7, 11) is 1.42. The fraction of sp³-hybridized carbons (Fsp3) is 0.226. The number of hydrogen-bond acceptors (Lipinski definition) is 7. The highest BCUT2D eigenvalue weighted by Crippen LogP contribution is 2.33. The molecule has 4 amide bonds. The Balaban J connectivity index is 1.43. The van der Waals surface area contributed by atoms with Gasteiger partial charge in [0.25, 0.3) is 0 Å². The topological polar surface area (TPSA) is 198 Å². The van der Waals surface area contributed by atoms with Crippen LogP contribution in [0.3, 0.4) is 0 Å². The number of carboxylic acid groups (broad SMARTS) is 1. The summed E-state index contributed by atoms with van der Waals surface area (Å²) < 4.78 is 15.1. The summed E-state index contributed by atoms with van der Waals surface area (Å²) in [6.45, 7) is 1.78. The molecule has 1 aromatic heterocycles. The molecule has 0 saturated heterocycles. The molecular weight excluding hydrogens is 585 g/mol. The van der Waals surface area contributed by atoms with Crippen LogP contribution < -0.4 is 27.0 Å². The largest absolute Gasteiger partial charge is 0.480 e. The number of aliphatic carboxylic acids is 1. The molecule has 1 unspecified atom stereocenters. The van der Waals surface area contributed by atoms with Crippen LogP contribution in [0.4, 0.5) is 26.4 Å². The lowest BCUT2D eigenvalue weighted by Crippen LogP contribution is -2.41. The van der Waals surface area contributed by atoms with Gasteiger partial charge in [-0.3, -0.25) is 14.4 Å². The molecule has 45 heavy (non-hydrogen) atoms. The molecule has 3 aromatic carbocycles. The van der Waals surface area contributed by atoms with Gasteiger partial charge in [0.2, 0.25) is 17.7 Å². The third-order valence-corrected chi connectivity index (χ3v) is 6.93. The first kappa shape index (κ1) is 32.1. The molecule has 0 radical (unpaired) electrons. The predicted molar refractivity (Wildman–Crippen MR) is 166 cm³/mol. The Kier molecular flexibility index (Phi) is 10.1. The van der Waals surface area contributed by atoms with Crippen LogP contribution in [0.15, 0.2) is 60.7 Å². The number of aromatic nitrogens is 2. The van der Waals surface area contributed by atoms with Gasteiger partial charge in [0.15, 0.2) is 5.82 Å². The fourth-order valence-electron chi connectivity index (χ4n) is 4.63. The summed E-state index contributed by atoms with van der Waals surface area (Å²) in [6, 6.07) is 14.5. The van der Waals surface area contributed by atoms with Crippen molar-refractivity contribution in [1.82, 2.24) is 20.4 Å². The van der Waals surface area contributed by atoms with Gasteiger partial charge in [-0.05, 0) is 60.4 Å². The zero-order valence-corrected chi connectivity index (χ0v) is 24.5. The van der Waals surface area contributed by atoms with Crippen LogP contribution in [0.1, 0.15) is 36.0 Å². The first-order chi connectivity index (χ1) is 21.5. The van der Waals surface area contributed by atoms with Crippen LogP contribution >= 0.6 is 0 Å². The maximum absolute atomic E-state index is 14.0. The van der Waals surface area contributed by atoms with E-state index >= 15 is 0 Å². The zero-order chi connectivity index (χ0) is 32.7. The third-order valence-electron chi connectivity index (χ3n) is 6.93. The van der Waals surface area contributed by atoms with E-state index in [-0.39, 0.29) is 43.1 Å². The molecule has 1 atom stereocenters. The van der Waals surface area contributed by atoms with Crippen molar-refractivity contribution in [2.24, 2.45) is 0 Å². The van der Waals surface area contributed by atoms with Gasteiger partial charge in [0.05, 0.1) is 16.6 Å². The molecule has 4 aromatic rings. The van der Waals surface area contributed by atoms with Crippen molar-refractivity contribution >= 4 is 57.8 Å². The lowest BCUT2D eigenvalue weighted by atomic mass is 10.0. The number of benzene rings is 3. The molecule has 4 rings (SSSR count). The first-order valence-electron chi connectivity index (χ1n) is 13.9. The number of amides is 4. The number of rotatable bonds is 11. The highest BCUT2D eigenvalue weighted by atomic mass is 19.1. The minimum Gasteiger partial charge on any atom is -0.480 e. The molecule has 0 aliphatic rings. The summed E-state index contributed by atoms with van der Waals surface area (Å²) in [5.41, 5.74) is 9.30. The Morgan fingerprint density at radius 2 is 1.69 bits per heavy atom. The molecule has 14 heteroatoms. The van der Waals surface area contributed by atoms with Crippen LogP contribution in [0, 0.1) is 12.7 Å². The number of nitrogen functional groups attached to an aromatic ring is 1. The number of nitrogens with one attached hydrogen (secondary N) is 4. The van der Waals surface area contributed by atoms with E-state index < -0.39 is 35.7 Å². The second-order valence-electron chi connectivity index (χ2n) is 10.2. The number of halogens is 1. The Morgan fingerprint density at radius 3 is 2.38 bits per heavy atom. The van der Waals surface area contributed by atoms with Gasteiger partial charge >= 0.3 is 12.0 Å². The number of carbonyl (C=O) groups is 5. The molecule has 7 N–H and O–H groups in total. The van der Waals surface area contributed by atoms with Gasteiger partial charge in [-0.15, -0.1) is 5.10 Å². The summed E-state index contributed by atoms with van der Waals surface area (Å²) >= 11 is 0. The van der Waals surface area contributed by atoms with Crippen LogP contribution in [-0.4, -0.2) is 57.7 Å². The number of urea groups is 1. The molecule has 234 valence electrons. The number of nitrogens with zero attached hydrogens (tertiary/aromatic N) is 2. The van der Waals surface area contributed by atoms with E-state index in [0.29, 0.717) is 27.7 Å². The van der Waals surface area contributed by atoms with Crippen molar-refractivity contribution in [1.29, 1.82) is 0 Å². The van der Waals surface area contributed by atoms with E-state index in [1.165, 1.54) is 19.2 Å². The van der Waals surface area contributed by atoms with Gasteiger partial charge in [-0.2, -0.15) is 4.68 Å². The van der Waals surface area contributed by atoms with Crippen molar-refractivity contribution in [3.05, 3.63) is 72.0 Å². The standard InChI is InChI=1S/C31H32FN7O6/c1-17-6-11-21(32)23(16-17)37-31(45)35-19-9-7-18(8-10-19)20-4-3-5-24-28(20)29(33)38-39(24)27(42)15-14-26(41)36-22(30(43)44)12-13-25(40)34-2/h3-11,16,22H,12-15H2,1-2H3,(H2,33,38)(H,34,40)(H,36,41)(H,43,44)(H2,35,37,45). The Hall–Kier alpha value is -5.79. The molecule has 13 nitrogen and oxygen atoms in total. The quantitative estimate of drug-likeness (QED) is 0.146. The van der Waals surface area contributed by atoms with Crippen molar-refractivity contribution in [2.45, 2.75) is 38.6 Å². The molecular formula is C31H32FN7O6. The number of fused-ring (bicyclic) bond motifs is 1. The highest BCUT2D eigenvalue weighted by Gasteiger charge is 2.23. The molecule has 0 spiro atoms. The summed E-state index contributed by atoms with van der Waals surface area (Å²) in [6.07, 6.45) is -0.766. The predicted octanol–water partition coefficient (Wildman–Crippen LogP) is 3.89. The van der Waals surface area contributed by atoms with E-state index in [2.05, 4.69) is 26.4 Å². The average Bonchev–Trinajstić information content (AvgIpc) is 3.36. The maximum Gasteiger partial charge on any atom is 0.326 e. The molecule has 1 heterocycles. The van der Waals surface area contributed by atoms with Crippen LogP contribution in [0.5, 0.6) is 0 Å². The Labute approximate surface area is 257 Å². The van der Waals surface area contributed by atoms with Crippen molar-refractivity contribution in [2.75, 3.05) is 23.4 Å². The number of hydrogen-bond donors (Lipinski definition) is 6. The summed E-state index contributed by atoms with van der Waals surface area (Å²) in [4.78, 5) is 60.8. The second kappa shape index (κ2) is 14.1. The Bertz CT molecular complexity index is 1770. The molecule has 0 saturated carbocycles. The van der Waals surface area contributed by atoms with Gasteiger partial charge in [0, 0.05) is 32.0 Å². The second-order valence-corrected chi connectivity index (χ2v) is 10.2. The van der Waals surface area contributed by atoms with Crippen molar-refractivity contribution < 1.29 is 33.5 Å². The third kappa shape index (κ3) is 7.98. The van der Waals surface area contributed by atoms with Crippen molar-refractivity contribution in [3.8, 4) is 11.1 Å². The van der Waals surface area contributed by atoms with Crippen LogP contribution in [0.25, 0.3) is 22.0 Å². The average molecular weight is 618 g/mol. The SMILES string of the molecule is CNC(=O)CCC(NC(=O)CCC(=O)n1nc(N)c2c(-c3ccc(NC(=O)Nc4cc(C)ccc4F)cc3)cccc21)C(=O)O. The van der Waals surface area contributed by atoms with Crippen LogP contribution in [-0.2, 0) is 14.4 Å². The zero-order valence-electron chi connectivity index (χ0n) is 24.5. The van der Waals surface area contributed by atoms with E-state index in [4.69, 9.17) is 5.73 Å². The van der Waals surface area contributed by atoms with Crippen molar-refractivity contribution in [3.63, 3.8) is 0 Å².